The summed E-state index contributed by atoms with van der Waals surface area (Å²) in [6, 6.07) is 8.54. The molecule has 2 aromatic rings. The number of aromatic nitrogens is 1. The summed E-state index contributed by atoms with van der Waals surface area (Å²) in [6.45, 7) is 0. The molecule has 0 aliphatic heterocycles. The maximum atomic E-state index is 6.20. The lowest BCUT2D eigenvalue weighted by Gasteiger charge is -2.20. The molecule has 0 spiro atoms. The number of rotatable bonds is 4. The summed E-state index contributed by atoms with van der Waals surface area (Å²) >= 11 is 12.2. The highest BCUT2D eigenvalue weighted by molar-refractivity contribution is 6.33. The highest BCUT2D eigenvalue weighted by Crippen LogP contribution is 2.33. The van der Waals surface area contributed by atoms with Gasteiger partial charge in [0.1, 0.15) is 0 Å². The Labute approximate surface area is 121 Å². The molecule has 0 aliphatic carbocycles. The van der Waals surface area contributed by atoms with Gasteiger partial charge in [-0.25, -0.2) is 10.4 Å². The van der Waals surface area contributed by atoms with E-state index in [1.165, 1.54) is 0 Å². The first-order chi connectivity index (χ1) is 9.17. The summed E-state index contributed by atoms with van der Waals surface area (Å²) in [5.41, 5.74) is 4.27. The fourth-order valence-electron chi connectivity index (χ4n) is 1.88. The van der Waals surface area contributed by atoms with Gasteiger partial charge in [0.25, 0.3) is 0 Å². The molecule has 2 rings (SSSR count). The molecular formula is C13H13Cl2N3O. The van der Waals surface area contributed by atoms with Crippen molar-refractivity contribution in [1.82, 2.24) is 10.4 Å². The monoisotopic (exact) mass is 297 g/mol. The van der Waals surface area contributed by atoms with Crippen molar-refractivity contribution in [1.29, 1.82) is 0 Å². The predicted octanol–water partition coefficient (Wildman–Crippen LogP) is 2.95. The normalized spacial score (nSPS) is 12.2. The lowest BCUT2D eigenvalue weighted by atomic mass is 10.0. The highest BCUT2D eigenvalue weighted by atomic mass is 35.5. The fourth-order valence-corrected chi connectivity index (χ4v) is 2.28. The first-order valence-corrected chi connectivity index (χ1v) is 6.33. The van der Waals surface area contributed by atoms with Crippen LogP contribution in [0.25, 0.3) is 0 Å². The number of benzene rings is 1. The molecular weight excluding hydrogens is 285 g/mol. The topological polar surface area (TPSA) is 60.2 Å². The van der Waals surface area contributed by atoms with Gasteiger partial charge in [0.05, 0.1) is 13.2 Å². The zero-order valence-corrected chi connectivity index (χ0v) is 11.7. The van der Waals surface area contributed by atoms with Crippen LogP contribution in [0.15, 0.2) is 36.5 Å². The summed E-state index contributed by atoms with van der Waals surface area (Å²) < 4.78 is 5.24. The van der Waals surface area contributed by atoms with Crippen LogP contribution in [-0.2, 0) is 0 Å². The van der Waals surface area contributed by atoms with E-state index in [9.17, 15) is 0 Å². The summed E-state index contributed by atoms with van der Waals surface area (Å²) in [5.74, 6) is 6.13. The van der Waals surface area contributed by atoms with E-state index in [1.807, 2.05) is 6.07 Å². The molecule has 100 valence electrons. The Hall–Kier alpha value is -1.33. The number of halogens is 2. The van der Waals surface area contributed by atoms with Crippen molar-refractivity contribution < 1.29 is 4.74 Å². The number of nitrogens with one attached hydrogen (secondary N) is 1. The van der Waals surface area contributed by atoms with E-state index >= 15 is 0 Å². The predicted molar refractivity (Wildman–Crippen MR) is 76.4 cm³/mol. The lowest BCUT2D eigenvalue weighted by Crippen LogP contribution is -2.29. The van der Waals surface area contributed by atoms with Gasteiger partial charge >= 0.3 is 0 Å². The Bertz CT molecular complexity index is 578. The van der Waals surface area contributed by atoms with Gasteiger partial charge < -0.3 is 4.74 Å². The summed E-state index contributed by atoms with van der Waals surface area (Å²) in [5, 5.41) is 1.15. The number of hydrogen-bond acceptors (Lipinski definition) is 4. The van der Waals surface area contributed by atoms with E-state index in [0.717, 1.165) is 11.1 Å². The number of pyridine rings is 1. The molecule has 0 bridgehead atoms. The molecule has 1 heterocycles. The molecule has 3 N–H and O–H groups in total. The van der Waals surface area contributed by atoms with E-state index in [4.69, 9.17) is 33.8 Å². The van der Waals surface area contributed by atoms with Gasteiger partial charge in [0, 0.05) is 21.8 Å². The quantitative estimate of drug-likeness (QED) is 0.673. The third-order valence-electron chi connectivity index (χ3n) is 2.74. The largest absolute Gasteiger partial charge is 0.481 e. The van der Waals surface area contributed by atoms with Crippen molar-refractivity contribution in [3.63, 3.8) is 0 Å². The van der Waals surface area contributed by atoms with E-state index in [-0.39, 0.29) is 6.04 Å². The molecule has 1 atom stereocenters. The van der Waals surface area contributed by atoms with Crippen LogP contribution in [0.1, 0.15) is 17.2 Å². The molecule has 0 fully saturated rings. The molecule has 0 saturated carbocycles. The third kappa shape index (κ3) is 2.98. The van der Waals surface area contributed by atoms with Crippen LogP contribution in [-0.4, -0.2) is 12.1 Å². The molecule has 0 amide bonds. The smallest absolute Gasteiger partial charge is 0.218 e. The Kier molecular flexibility index (Phi) is 4.61. The Morgan fingerprint density at radius 1 is 1.26 bits per heavy atom. The maximum Gasteiger partial charge on any atom is 0.218 e. The van der Waals surface area contributed by atoms with Gasteiger partial charge in [-0.3, -0.25) is 5.84 Å². The van der Waals surface area contributed by atoms with Gasteiger partial charge in [0.2, 0.25) is 5.88 Å². The van der Waals surface area contributed by atoms with Crippen LogP contribution in [0.5, 0.6) is 5.88 Å². The van der Waals surface area contributed by atoms with Gasteiger partial charge in [-0.15, -0.1) is 0 Å². The number of hydrogen-bond donors (Lipinski definition) is 2. The van der Waals surface area contributed by atoms with Gasteiger partial charge in [-0.05, 0) is 29.8 Å². The molecule has 0 saturated heterocycles. The van der Waals surface area contributed by atoms with Crippen molar-refractivity contribution in [2.45, 2.75) is 6.04 Å². The van der Waals surface area contributed by atoms with Crippen LogP contribution in [0.3, 0.4) is 0 Å². The number of nitrogens with zero attached hydrogens (tertiary/aromatic N) is 1. The molecule has 1 unspecified atom stereocenters. The molecule has 0 aliphatic rings. The van der Waals surface area contributed by atoms with Crippen molar-refractivity contribution in [2.24, 2.45) is 5.84 Å². The van der Waals surface area contributed by atoms with Crippen molar-refractivity contribution in [3.8, 4) is 5.88 Å². The van der Waals surface area contributed by atoms with Crippen LogP contribution in [0, 0.1) is 0 Å². The molecule has 1 aromatic carbocycles. The zero-order valence-electron chi connectivity index (χ0n) is 10.2. The average Bonchev–Trinajstić information content (AvgIpc) is 2.44. The number of methoxy groups -OCH3 is 1. The second-order valence-electron chi connectivity index (χ2n) is 3.87. The molecule has 19 heavy (non-hydrogen) atoms. The minimum Gasteiger partial charge on any atom is -0.481 e. The molecule has 1 aromatic heterocycles. The Balaban J connectivity index is 2.53. The third-order valence-corrected chi connectivity index (χ3v) is 3.32. The minimum absolute atomic E-state index is 0.352. The number of hydrazine groups is 1. The Morgan fingerprint density at radius 3 is 2.74 bits per heavy atom. The lowest BCUT2D eigenvalue weighted by molar-refractivity contribution is 0.387. The van der Waals surface area contributed by atoms with E-state index in [2.05, 4.69) is 10.4 Å². The molecule has 6 heteroatoms. The highest BCUT2D eigenvalue weighted by Gasteiger charge is 2.20. The maximum absolute atomic E-state index is 6.20. The summed E-state index contributed by atoms with van der Waals surface area (Å²) in [6.07, 6.45) is 1.65. The minimum atomic E-state index is -0.352. The second-order valence-corrected chi connectivity index (χ2v) is 4.71. The van der Waals surface area contributed by atoms with Crippen LogP contribution in [0.4, 0.5) is 0 Å². The average molecular weight is 298 g/mol. The van der Waals surface area contributed by atoms with Crippen LogP contribution < -0.4 is 16.0 Å². The molecule has 4 nitrogen and oxygen atoms in total. The van der Waals surface area contributed by atoms with Gasteiger partial charge in [0.15, 0.2) is 0 Å². The first-order valence-electron chi connectivity index (χ1n) is 5.57. The SMILES string of the molecule is COc1ncccc1C(NN)c1cc(Cl)ccc1Cl. The van der Waals surface area contributed by atoms with E-state index in [1.54, 1.807) is 37.6 Å². The van der Waals surface area contributed by atoms with E-state index in [0.29, 0.717) is 15.9 Å². The number of ether oxygens (including phenoxy) is 1. The first kappa shape index (κ1) is 14.1. The van der Waals surface area contributed by atoms with Crippen molar-refractivity contribution in [3.05, 3.63) is 57.7 Å². The van der Waals surface area contributed by atoms with Crippen LogP contribution in [0.2, 0.25) is 10.0 Å². The second kappa shape index (κ2) is 6.21. The van der Waals surface area contributed by atoms with E-state index < -0.39 is 0 Å². The summed E-state index contributed by atoms with van der Waals surface area (Å²) in [7, 11) is 1.55. The number of nitrogens with two attached hydrogens (primary N) is 1. The Morgan fingerprint density at radius 2 is 2.05 bits per heavy atom. The summed E-state index contributed by atoms with van der Waals surface area (Å²) in [4.78, 5) is 4.15. The molecule has 0 radical (unpaired) electrons. The van der Waals surface area contributed by atoms with Gasteiger partial charge in [-0.2, -0.15) is 0 Å². The fraction of sp³-hybridized carbons (Fsp3) is 0.154. The van der Waals surface area contributed by atoms with Crippen LogP contribution >= 0.6 is 23.2 Å². The zero-order chi connectivity index (χ0) is 13.8. The van der Waals surface area contributed by atoms with Crippen molar-refractivity contribution >= 4 is 23.2 Å². The van der Waals surface area contributed by atoms with Crippen molar-refractivity contribution in [2.75, 3.05) is 7.11 Å². The standard InChI is InChI=1S/C13H13Cl2N3O/c1-19-13-9(3-2-6-17-13)12(18-16)10-7-8(14)4-5-11(10)15/h2-7,12,18H,16H2,1H3. The van der Waals surface area contributed by atoms with Gasteiger partial charge in [-0.1, -0.05) is 29.3 Å².